The van der Waals surface area contributed by atoms with E-state index in [1.807, 2.05) is 24.4 Å². The summed E-state index contributed by atoms with van der Waals surface area (Å²) in [6, 6.07) is 10.1. The summed E-state index contributed by atoms with van der Waals surface area (Å²) in [5.41, 5.74) is 11.4. The fourth-order valence-corrected chi connectivity index (χ4v) is 2.32. The Morgan fingerprint density at radius 3 is 3.00 bits per heavy atom. The minimum absolute atomic E-state index is 0.816. The topological polar surface area (TPSA) is 42.2 Å². The lowest BCUT2D eigenvalue weighted by atomic mass is 9.98. The smallest absolute Gasteiger partial charge is 0.0773 e. The molecule has 0 bridgehead atoms. The first-order chi connectivity index (χ1) is 7.77. The van der Waals surface area contributed by atoms with E-state index in [1.165, 1.54) is 5.56 Å². The zero-order chi connectivity index (χ0) is 11.1. The molecule has 0 aliphatic carbocycles. The number of nitrogen functional groups attached to an aromatic ring is 1. The van der Waals surface area contributed by atoms with Gasteiger partial charge in [0.15, 0.2) is 0 Å². The molecule has 0 unspecified atom stereocenters. The lowest BCUT2D eigenvalue weighted by molar-refractivity contribution is 0.902. The van der Waals surface area contributed by atoms with Crippen LogP contribution in [-0.4, -0.2) is 12.0 Å². The van der Waals surface area contributed by atoms with E-state index < -0.39 is 0 Å². The average Bonchev–Trinajstić information content (AvgIpc) is 2.29. The van der Waals surface area contributed by atoms with Crippen molar-refractivity contribution in [2.24, 2.45) is 0 Å². The van der Waals surface area contributed by atoms with Crippen molar-refractivity contribution < 1.29 is 0 Å². The lowest BCUT2D eigenvalue weighted by Crippen LogP contribution is -2.23. The van der Waals surface area contributed by atoms with Gasteiger partial charge in [-0.2, -0.15) is 0 Å². The highest BCUT2D eigenvalue weighted by Crippen LogP contribution is 2.40. The second-order valence-electron chi connectivity index (χ2n) is 4.11. The van der Waals surface area contributed by atoms with E-state index in [1.54, 1.807) is 0 Å². The second kappa shape index (κ2) is 3.23. The molecule has 0 fully saturated rings. The predicted molar refractivity (Wildman–Crippen MR) is 66.2 cm³/mol. The number of anilines is 2. The Labute approximate surface area is 94.5 Å². The van der Waals surface area contributed by atoms with Crippen LogP contribution in [0, 0.1) is 0 Å². The first-order valence-corrected chi connectivity index (χ1v) is 5.31. The van der Waals surface area contributed by atoms with Crippen molar-refractivity contribution in [2.75, 3.05) is 17.7 Å². The molecule has 3 nitrogen and oxygen atoms in total. The average molecular weight is 211 g/mol. The van der Waals surface area contributed by atoms with E-state index in [4.69, 9.17) is 5.73 Å². The molecule has 1 aliphatic heterocycles. The number of hydrogen-bond donors (Lipinski definition) is 1. The Balaban J connectivity index is 2.33. The van der Waals surface area contributed by atoms with Gasteiger partial charge in [0.25, 0.3) is 0 Å². The van der Waals surface area contributed by atoms with Crippen molar-refractivity contribution >= 4 is 11.4 Å². The SMILES string of the molecule is CN1Cc2cccnc2-c2cccc(N)c21. The van der Waals surface area contributed by atoms with E-state index in [9.17, 15) is 0 Å². The number of fused-ring (bicyclic) bond motifs is 3. The summed E-state index contributed by atoms with van der Waals surface area (Å²) in [5, 5.41) is 0. The van der Waals surface area contributed by atoms with Crippen LogP contribution < -0.4 is 10.6 Å². The van der Waals surface area contributed by atoms with Crippen molar-refractivity contribution in [3.8, 4) is 11.3 Å². The number of nitrogens with two attached hydrogens (primary N) is 1. The van der Waals surface area contributed by atoms with Crippen LogP contribution in [0.3, 0.4) is 0 Å². The van der Waals surface area contributed by atoms with Crippen LogP contribution in [-0.2, 0) is 6.54 Å². The van der Waals surface area contributed by atoms with Gasteiger partial charge in [-0.15, -0.1) is 0 Å². The van der Waals surface area contributed by atoms with Gasteiger partial charge in [-0.25, -0.2) is 0 Å². The molecule has 2 heterocycles. The van der Waals surface area contributed by atoms with Crippen molar-refractivity contribution in [3.05, 3.63) is 42.1 Å². The molecule has 16 heavy (non-hydrogen) atoms. The van der Waals surface area contributed by atoms with Crippen LogP contribution in [0.5, 0.6) is 0 Å². The van der Waals surface area contributed by atoms with Gasteiger partial charge in [0.2, 0.25) is 0 Å². The van der Waals surface area contributed by atoms with Gasteiger partial charge in [0, 0.05) is 25.4 Å². The normalized spacial score (nSPS) is 13.2. The third-order valence-corrected chi connectivity index (χ3v) is 3.00. The molecule has 0 radical (unpaired) electrons. The standard InChI is InChI=1S/C13H13N3/c1-16-8-9-4-3-7-15-12(9)10-5-2-6-11(14)13(10)16/h2-7H,8,14H2,1H3. The fourth-order valence-electron chi connectivity index (χ4n) is 2.32. The predicted octanol–water partition coefficient (Wildman–Crippen LogP) is 2.28. The molecule has 80 valence electrons. The van der Waals surface area contributed by atoms with Crippen LogP contribution in [0.1, 0.15) is 5.56 Å². The minimum atomic E-state index is 0.816. The summed E-state index contributed by atoms with van der Waals surface area (Å²) in [7, 11) is 2.06. The molecular formula is C13H13N3. The van der Waals surface area contributed by atoms with Crippen molar-refractivity contribution in [1.29, 1.82) is 0 Å². The van der Waals surface area contributed by atoms with Crippen molar-refractivity contribution in [3.63, 3.8) is 0 Å². The number of para-hydroxylation sites is 1. The molecule has 0 spiro atoms. The zero-order valence-electron chi connectivity index (χ0n) is 9.14. The van der Waals surface area contributed by atoms with Gasteiger partial charge < -0.3 is 10.6 Å². The van der Waals surface area contributed by atoms with Crippen LogP contribution in [0.4, 0.5) is 11.4 Å². The molecule has 2 N–H and O–H groups in total. The Kier molecular flexibility index (Phi) is 1.86. The maximum Gasteiger partial charge on any atom is 0.0773 e. The van der Waals surface area contributed by atoms with Crippen LogP contribution in [0.2, 0.25) is 0 Å². The molecule has 0 saturated heterocycles. The van der Waals surface area contributed by atoms with Crippen molar-refractivity contribution in [2.45, 2.75) is 6.54 Å². The molecule has 0 saturated carbocycles. The summed E-state index contributed by atoms with van der Waals surface area (Å²) >= 11 is 0. The minimum Gasteiger partial charge on any atom is -0.397 e. The Hall–Kier alpha value is -2.03. The summed E-state index contributed by atoms with van der Waals surface area (Å²) in [6.45, 7) is 0.865. The molecular weight excluding hydrogens is 198 g/mol. The van der Waals surface area contributed by atoms with Gasteiger partial charge in [-0.3, -0.25) is 4.98 Å². The number of benzene rings is 1. The number of hydrogen-bond acceptors (Lipinski definition) is 3. The van der Waals surface area contributed by atoms with E-state index in [2.05, 4.69) is 29.1 Å². The summed E-state index contributed by atoms with van der Waals surface area (Å²) in [4.78, 5) is 6.63. The van der Waals surface area contributed by atoms with Gasteiger partial charge in [0.05, 0.1) is 17.1 Å². The molecule has 1 aromatic heterocycles. The molecule has 1 aliphatic rings. The van der Waals surface area contributed by atoms with Gasteiger partial charge >= 0.3 is 0 Å². The van der Waals surface area contributed by atoms with Gasteiger partial charge in [0.1, 0.15) is 0 Å². The van der Waals surface area contributed by atoms with Crippen molar-refractivity contribution in [1.82, 2.24) is 4.98 Å². The zero-order valence-corrected chi connectivity index (χ0v) is 9.14. The van der Waals surface area contributed by atoms with E-state index in [-0.39, 0.29) is 0 Å². The molecule has 0 amide bonds. The summed E-state index contributed by atoms with van der Waals surface area (Å²) in [5.74, 6) is 0. The second-order valence-corrected chi connectivity index (χ2v) is 4.11. The third kappa shape index (κ3) is 1.18. The fraction of sp³-hybridized carbons (Fsp3) is 0.154. The van der Waals surface area contributed by atoms with Crippen LogP contribution in [0.25, 0.3) is 11.3 Å². The van der Waals surface area contributed by atoms with Crippen LogP contribution in [0.15, 0.2) is 36.5 Å². The molecule has 3 heteroatoms. The van der Waals surface area contributed by atoms with Gasteiger partial charge in [-0.05, 0) is 17.7 Å². The molecule has 3 rings (SSSR count). The molecule has 0 atom stereocenters. The highest BCUT2D eigenvalue weighted by Gasteiger charge is 2.21. The Bertz CT molecular complexity index is 549. The summed E-state index contributed by atoms with van der Waals surface area (Å²) < 4.78 is 0. The number of nitrogens with zero attached hydrogens (tertiary/aromatic N) is 2. The molecule has 1 aromatic carbocycles. The summed E-state index contributed by atoms with van der Waals surface area (Å²) in [6.07, 6.45) is 1.83. The van der Waals surface area contributed by atoms with E-state index >= 15 is 0 Å². The lowest BCUT2D eigenvalue weighted by Gasteiger charge is -2.29. The third-order valence-electron chi connectivity index (χ3n) is 3.00. The van der Waals surface area contributed by atoms with Crippen LogP contribution >= 0.6 is 0 Å². The quantitative estimate of drug-likeness (QED) is 0.680. The highest BCUT2D eigenvalue weighted by molar-refractivity contribution is 5.88. The largest absolute Gasteiger partial charge is 0.397 e. The monoisotopic (exact) mass is 211 g/mol. The number of rotatable bonds is 0. The van der Waals surface area contributed by atoms with E-state index in [0.29, 0.717) is 0 Å². The number of pyridine rings is 1. The first kappa shape index (κ1) is 9.21. The van der Waals surface area contributed by atoms with E-state index in [0.717, 1.165) is 29.2 Å². The Morgan fingerprint density at radius 1 is 1.25 bits per heavy atom. The first-order valence-electron chi connectivity index (χ1n) is 5.31. The molecule has 2 aromatic rings. The highest BCUT2D eigenvalue weighted by atomic mass is 15.1. The maximum absolute atomic E-state index is 6.02. The Morgan fingerprint density at radius 2 is 2.12 bits per heavy atom. The maximum atomic E-state index is 6.02. The van der Waals surface area contributed by atoms with Gasteiger partial charge in [-0.1, -0.05) is 18.2 Å². The number of aromatic nitrogens is 1.